The number of hydrogen-bond donors (Lipinski definition) is 2. The monoisotopic (exact) mass is 349 g/mol. The average molecular weight is 350 g/mol. The number of amides is 1. The van der Waals surface area contributed by atoms with Crippen LogP contribution in [-0.2, 0) is 4.79 Å². The molecule has 2 aromatic carbocycles. The summed E-state index contributed by atoms with van der Waals surface area (Å²) in [5.41, 5.74) is 2.10. The second kappa shape index (κ2) is 7.93. The van der Waals surface area contributed by atoms with E-state index in [4.69, 9.17) is 16.3 Å². The summed E-state index contributed by atoms with van der Waals surface area (Å²) in [5.74, 6) is -0.610. The molecule has 2 aromatic rings. The molecule has 2 N–H and O–H groups in total. The number of benzene rings is 2. The van der Waals surface area contributed by atoms with Crippen LogP contribution < -0.4 is 10.2 Å². The Bertz CT molecular complexity index is 794. The zero-order valence-corrected chi connectivity index (χ0v) is 12.9. The normalized spacial score (nSPS) is 10.5. The molecule has 124 valence electrons. The second-order valence-corrected chi connectivity index (χ2v) is 4.92. The van der Waals surface area contributed by atoms with Crippen LogP contribution in [0.1, 0.15) is 5.56 Å². The molecule has 0 atom stereocenters. The van der Waals surface area contributed by atoms with Crippen molar-refractivity contribution in [1.82, 2.24) is 5.43 Å². The van der Waals surface area contributed by atoms with Crippen LogP contribution in [0, 0.1) is 10.1 Å². The highest BCUT2D eigenvalue weighted by Crippen LogP contribution is 2.25. The third kappa shape index (κ3) is 4.68. The maximum atomic E-state index is 11.6. The van der Waals surface area contributed by atoms with E-state index in [0.29, 0.717) is 16.3 Å². The molecule has 0 bridgehead atoms. The fraction of sp³-hybridized carbons (Fsp3) is 0.0667. The molecule has 0 radical (unpaired) electrons. The number of halogens is 1. The molecule has 0 aliphatic carbocycles. The first-order valence-electron chi connectivity index (χ1n) is 6.64. The summed E-state index contributed by atoms with van der Waals surface area (Å²) < 4.78 is 5.23. The van der Waals surface area contributed by atoms with E-state index in [0.717, 1.165) is 6.07 Å². The zero-order chi connectivity index (χ0) is 17.5. The van der Waals surface area contributed by atoms with E-state index in [2.05, 4.69) is 10.5 Å². The van der Waals surface area contributed by atoms with E-state index in [1.165, 1.54) is 18.3 Å². The van der Waals surface area contributed by atoms with Crippen LogP contribution in [0.25, 0.3) is 0 Å². The van der Waals surface area contributed by atoms with Gasteiger partial charge in [-0.1, -0.05) is 23.7 Å². The van der Waals surface area contributed by atoms with E-state index in [1.807, 2.05) is 0 Å². The van der Waals surface area contributed by atoms with E-state index >= 15 is 0 Å². The van der Waals surface area contributed by atoms with Crippen LogP contribution in [0.4, 0.5) is 5.69 Å². The van der Waals surface area contributed by atoms with Gasteiger partial charge in [0.15, 0.2) is 12.4 Å². The predicted octanol–water partition coefficient (Wildman–Crippen LogP) is 2.48. The van der Waals surface area contributed by atoms with Crippen molar-refractivity contribution in [3.63, 3.8) is 0 Å². The van der Waals surface area contributed by atoms with Gasteiger partial charge in [0.2, 0.25) is 0 Å². The average Bonchev–Trinajstić information content (AvgIpc) is 2.55. The van der Waals surface area contributed by atoms with Gasteiger partial charge in [0.05, 0.1) is 16.2 Å². The van der Waals surface area contributed by atoms with E-state index < -0.39 is 22.3 Å². The SMILES string of the molecule is O=C(COc1ccccc1Cl)NN=Cc1ccc(O)c([N+](=O)[O-])c1. The van der Waals surface area contributed by atoms with Gasteiger partial charge in [0.1, 0.15) is 5.75 Å². The topological polar surface area (TPSA) is 114 Å². The zero-order valence-electron chi connectivity index (χ0n) is 12.2. The van der Waals surface area contributed by atoms with Crippen molar-refractivity contribution in [2.75, 3.05) is 6.61 Å². The van der Waals surface area contributed by atoms with Crippen molar-refractivity contribution in [2.24, 2.45) is 5.10 Å². The Morgan fingerprint density at radius 3 is 2.83 bits per heavy atom. The van der Waals surface area contributed by atoms with E-state index in [9.17, 15) is 20.0 Å². The first-order valence-corrected chi connectivity index (χ1v) is 7.02. The lowest BCUT2D eigenvalue weighted by Crippen LogP contribution is -2.24. The highest BCUT2D eigenvalue weighted by Gasteiger charge is 2.12. The van der Waals surface area contributed by atoms with Gasteiger partial charge in [-0.3, -0.25) is 14.9 Å². The molecular weight excluding hydrogens is 338 g/mol. The summed E-state index contributed by atoms with van der Waals surface area (Å²) in [6.45, 7) is -0.295. The summed E-state index contributed by atoms with van der Waals surface area (Å²) in [6, 6.07) is 10.4. The molecule has 0 spiro atoms. The Morgan fingerprint density at radius 1 is 1.38 bits per heavy atom. The molecule has 0 unspecified atom stereocenters. The number of rotatable bonds is 6. The van der Waals surface area contributed by atoms with Crippen LogP contribution in [0.15, 0.2) is 47.6 Å². The molecule has 0 aromatic heterocycles. The van der Waals surface area contributed by atoms with Gasteiger partial charge in [0.25, 0.3) is 5.91 Å². The molecule has 0 fully saturated rings. The number of ether oxygens (including phenoxy) is 1. The molecule has 0 heterocycles. The summed E-state index contributed by atoms with van der Waals surface area (Å²) in [7, 11) is 0. The molecule has 0 aliphatic rings. The molecule has 1 amide bonds. The summed E-state index contributed by atoms with van der Waals surface area (Å²) >= 11 is 5.88. The number of phenols is 1. The molecular formula is C15H12ClN3O5. The maximum absolute atomic E-state index is 11.6. The van der Waals surface area contributed by atoms with Crippen LogP contribution in [0.3, 0.4) is 0 Å². The number of aromatic hydroxyl groups is 1. The lowest BCUT2D eigenvalue weighted by Gasteiger charge is -2.06. The fourth-order valence-electron chi connectivity index (χ4n) is 1.68. The molecule has 2 rings (SSSR count). The Kier molecular flexibility index (Phi) is 5.69. The van der Waals surface area contributed by atoms with Crippen LogP contribution in [0.2, 0.25) is 5.02 Å². The number of hydrogen-bond acceptors (Lipinski definition) is 6. The van der Waals surface area contributed by atoms with Crippen molar-refractivity contribution in [3.8, 4) is 11.5 Å². The molecule has 0 saturated heterocycles. The van der Waals surface area contributed by atoms with E-state index in [-0.39, 0.29) is 6.61 Å². The number of nitrogens with one attached hydrogen (secondary N) is 1. The third-order valence-corrected chi connectivity index (χ3v) is 3.11. The first kappa shape index (κ1) is 17.2. The molecule has 0 aliphatic heterocycles. The van der Waals surface area contributed by atoms with Gasteiger partial charge in [-0.2, -0.15) is 5.10 Å². The maximum Gasteiger partial charge on any atom is 0.311 e. The number of nitro groups is 1. The van der Waals surface area contributed by atoms with Gasteiger partial charge in [-0.15, -0.1) is 0 Å². The minimum absolute atomic E-state index is 0.295. The lowest BCUT2D eigenvalue weighted by molar-refractivity contribution is -0.385. The summed E-state index contributed by atoms with van der Waals surface area (Å²) in [6.07, 6.45) is 1.21. The predicted molar refractivity (Wildman–Crippen MR) is 87.4 cm³/mol. The van der Waals surface area contributed by atoms with Crippen molar-refractivity contribution in [2.45, 2.75) is 0 Å². The number of phenolic OH excluding ortho intramolecular Hbond substituents is 1. The van der Waals surface area contributed by atoms with Gasteiger partial charge in [0, 0.05) is 11.6 Å². The second-order valence-electron chi connectivity index (χ2n) is 4.52. The number of carbonyl (C=O) groups excluding carboxylic acids is 1. The van der Waals surface area contributed by atoms with Crippen molar-refractivity contribution < 1.29 is 19.6 Å². The number of nitrogens with zero attached hydrogens (tertiary/aromatic N) is 2. The quantitative estimate of drug-likeness (QED) is 0.472. The minimum Gasteiger partial charge on any atom is -0.502 e. The van der Waals surface area contributed by atoms with Crippen LogP contribution in [-0.4, -0.2) is 28.8 Å². The molecule has 24 heavy (non-hydrogen) atoms. The molecule has 9 heteroatoms. The molecule has 0 saturated carbocycles. The number of para-hydroxylation sites is 1. The number of carbonyl (C=O) groups is 1. The largest absolute Gasteiger partial charge is 0.502 e. The summed E-state index contributed by atoms with van der Waals surface area (Å²) in [4.78, 5) is 21.6. The van der Waals surface area contributed by atoms with Gasteiger partial charge >= 0.3 is 5.69 Å². The lowest BCUT2D eigenvalue weighted by atomic mass is 10.2. The van der Waals surface area contributed by atoms with Gasteiger partial charge in [-0.05, 0) is 24.3 Å². The minimum atomic E-state index is -0.720. The van der Waals surface area contributed by atoms with E-state index in [1.54, 1.807) is 24.3 Å². The number of nitro benzene ring substituents is 1. The van der Waals surface area contributed by atoms with Crippen LogP contribution in [0.5, 0.6) is 11.5 Å². The highest BCUT2D eigenvalue weighted by molar-refractivity contribution is 6.32. The van der Waals surface area contributed by atoms with Gasteiger partial charge in [-0.25, -0.2) is 5.43 Å². The smallest absolute Gasteiger partial charge is 0.311 e. The Balaban J connectivity index is 1.90. The van der Waals surface area contributed by atoms with Crippen molar-refractivity contribution in [1.29, 1.82) is 0 Å². The first-order chi connectivity index (χ1) is 11.5. The van der Waals surface area contributed by atoms with Crippen molar-refractivity contribution in [3.05, 3.63) is 63.2 Å². The standard InChI is InChI=1S/C15H12ClN3O5/c16-11-3-1-2-4-14(11)24-9-15(21)18-17-8-10-5-6-13(20)12(7-10)19(22)23/h1-8,20H,9H2,(H,18,21). The van der Waals surface area contributed by atoms with Gasteiger partial charge < -0.3 is 9.84 Å². The Hall–Kier alpha value is -3.13. The van der Waals surface area contributed by atoms with Crippen LogP contribution >= 0.6 is 11.6 Å². The number of hydrazone groups is 1. The Labute approximate surface area is 141 Å². The highest BCUT2D eigenvalue weighted by atomic mass is 35.5. The Morgan fingerprint density at radius 2 is 2.12 bits per heavy atom. The molecule has 8 nitrogen and oxygen atoms in total. The summed E-state index contributed by atoms with van der Waals surface area (Å²) in [5, 5.41) is 24.1. The fourth-order valence-corrected chi connectivity index (χ4v) is 1.87. The third-order valence-electron chi connectivity index (χ3n) is 2.79. The van der Waals surface area contributed by atoms with Crippen molar-refractivity contribution >= 4 is 29.4 Å².